The third kappa shape index (κ3) is 2.09. The van der Waals surface area contributed by atoms with Crippen LogP contribution in [0, 0.1) is 11.6 Å². The van der Waals surface area contributed by atoms with Crippen LogP contribution in [0.5, 0.6) is 5.75 Å². The van der Waals surface area contributed by atoms with E-state index in [1.807, 2.05) is 0 Å². The molecule has 1 rings (SSSR count). The second-order valence-corrected chi connectivity index (χ2v) is 2.40. The molecule has 2 N–H and O–H groups in total. The van der Waals surface area contributed by atoms with Gasteiger partial charge in [-0.15, -0.1) is 0 Å². The summed E-state index contributed by atoms with van der Waals surface area (Å²) >= 11 is 0. The molecule has 0 bridgehead atoms. The molecule has 0 aliphatic heterocycles. The van der Waals surface area contributed by atoms with E-state index in [2.05, 4.69) is 4.74 Å². The van der Waals surface area contributed by atoms with Crippen LogP contribution in [0.4, 0.5) is 19.3 Å². The summed E-state index contributed by atoms with van der Waals surface area (Å²) in [5.41, 5.74) is -0.448. The molecule has 76 valence electrons. The standard InChI is InChI=1S/C8H7F2NO3/c1-14-7-3-4(9)6(2-5(7)10)11-8(12)13/h2-3,11H,1H3,(H,12,13). The molecule has 0 unspecified atom stereocenters. The van der Waals surface area contributed by atoms with Crippen LogP contribution < -0.4 is 10.1 Å². The fourth-order valence-electron chi connectivity index (χ4n) is 0.896. The fraction of sp³-hybridized carbons (Fsp3) is 0.125. The van der Waals surface area contributed by atoms with Crippen molar-refractivity contribution in [2.24, 2.45) is 0 Å². The van der Waals surface area contributed by atoms with Crippen molar-refractivity contribution in [3.05, 3.63) is 23.8 Å². The van der Waals surface area contributed by atoms with Gasteiger partial charge in [-0.3, -0.25) is 5.32 Å². The molecule has 0 saturated carbocycles. The van der Waals surface area contributed by atoms with E-state index >= 15 is 0 Å². The summed E-state index contributed by atoms with van der Waals surface area (Å²) in [6.07, 6.45) is -1.46. The molecular formula is C8H7F2NO3. The van der Waals surface area contributed by atoms with Gasteiger partial charge in [-0.1, -0.05) is 0 Å². The third-order valence-electron chi connectivity index (χ3n) is 1.48. The minimum atomic E-state index is -1.46. The van der Waals surface area contributed by atoms with Crippen molar-refractivity contribution < 1.29 is 23.4 Å². The van der Waals surface area contributed by atoms with Gasteiger partial charge in [0.25, 0.3) is 0 Å². The van der Waals surface area contributed by atoms with Crippen molar-refractivity contribution >= 4 is 11.8 Å². The molecule has 0 aromatic heterocycles. The molecule has 0 atom stereocenters. The van der Waals surface area contributed by atoms with Crippen LogP contribution in [-0.4, -0.2) is 18.3 Å². The lowest BCUT2D eigenvalue weighted by Crippen LogP contribution is -2.09. The summed E-state index contributed by atoms with van der Waals surface area (Å²) in [6, 6.07) is 1.48. The van der Waals surface area contributed by atoms with Gasteiger partial charge in [0, 0.05) is 12.1 Å². The summed E-state index contributed by atoms with van der Waals surface area (Å²) in [6.45, 7) is 0. The molecule has 14 heavy (non-hydrogen) atoms. The van der Waals surface area contributed by atoms with Crippen molar-refractivity contribution in [2.45, 2.75) is 0 Å². The van der Waals surface area contributed by atoms with Gasteiger partial charge in [0.2, 0.25) is 0 Å². The molecule has 0 saturated heterocycles. The van der Waals surface area contributed by atoms with E-state index in [-0.39, 0.29) is 5.75 Å². The Balaban J connectivity index is 3.08. The zero-order valence-corrected chi connectivity index (χ0v) is 7.17. The Morgan fingerprint density at radius 2 is 2.07 bits per heavy atom. The largest absolute Gasteiger partial charge is 0.494 e. The van der Waals surface area contributed by atoms with E-state index in [1.165, 1.54) is 7.11 Å². The van der Waals surface area contributed by atoms with Gasteiger partial charge >= 0.3 is 6.09 Å². The summed E-state index contributed by atoms with van der Waals surface area (Å²) < 4.78 is 30.5. The Labute approximate surface area is 78.1 Å². The van der Waals surface area contributed by atoms with Crippen LogP contribution in [-0.2, 0) is 0 Å². The molecule has 0 aliphatic carbocycles. The smallest absolute Gasteiger partial charge is 0.409 e. The van der Waals surface area contributed by atoms with E-state index in [4.69, 9.17) is 5.11 Å². The highest BCUT2D eigenvalue weighted by molar-refractivity contribution is 5.83. The summed E-state index contributed by atoms with van der Waals surface area (Å²) in [7, 11) is 1.18. The molecule has 1 amide bonds. The Bertz CT molecular complexity index is 368. The molecule has 1 aromatic carbocycles. The lowest BCUT2D eigenvalue weighted by molar-refractivity contribution is 0.209. The monoisotopic (exact) mass is 203 g/mol. The highest BCUT2D eigenvalue weighted by Crippen LogP contribution is 2.24. The molecule has 0 heterocycles. The van der Waals surface area contributed by atoms with E-state index in [0.717, 1.165) is 6.07 Å². The van der Waals surface area contributed by atoms with Crippen molar-refractivity contribution in [1.82, 2.24) is 0 Å². The van der Waals surface area contributed by atoms with Crippen LogP contribution in [0.25, 0.3) is 0 Å². The first-order valence-electron chi connectivity index (χ1n) is 3.57. The summed E-state index contributed by atoms with van der Waals surface area (Å²) in [5, 5.41) is 9.99. The first kappa shape index (κ1) is 10.2. The summed E-state index contributed by atoms with van der Waals surface area (Å²) in [5.74, 6) is -2.01. The van der Waals surface area contributed by atoms with Crippen molar-refractivity contribution in [2.75, 3.05) is 12.4 Å². The van der Waals surface area contributed by atoms with Crippen LogP contribution in [0.15, 0.2) is 12.1 Å². The second-order valence-electron chi connectivity index (χ2n) is 2.40. The zero-order valence-electron chi connectivity index (χ0n) is 7.17. The van der Waals surface area contributed by atoms with E-state index in [1.54, 1.807) is 5.32 Å². The third-order valence-corrected chi connectivity index (χ3v) is 1.48. The number of halogens is 2. The minimum Gasteiger partial charge on any atom is -0.494 e. The Kier molecular flexibility index (Phi) is 2.85. The maximum absolute atomic E-state index is 13.0. The zero-order chi connectivity index (χ0) is 10.7. The van der Waals surface area contributed by atoms with E-state index < -0.39 is 23.4 Å². The van der Waals surface area contributed by atoms with Gasteiger partial charge in [-0.25, -0.2) is 13.6 Å². The average Bonchev–Trinajstić information content (AvgIpc) is 2.10. The number of benzene rings is 1. The molecule has 0 radical (unpaired) electrons. The molecule has 4 nitrogen and oxygen atoms in total. The highest BCUT2D eigenvalue weighted by atomic mass is 19.1. The average molecular weight is 203 g/mol. The fourth-order valence-corrected chi connectivity index (χ4v) is 0.896. The van der Waals surface area contributed by atoms with Crippen LogP contribution in [0.2, 0.25) is 0 Å². The molecular weight excluding hydrogens is 196 g/mol. The Morgan fingerprint density at radius 1 is 1.43 bits per heavy atom. The maximum Gasteiger partial charge on any atom is 0.409 e. The SMILES string of the molecule is COc1cc(F)c(NC(=O)O)cc1F. The van der Waals surface area contributed by atoms with Crippen molar-refractivity contribution in [3.8, 4) is 5.75 Å². The first-order valence-corrected chi connectivity index (χ1v) is 3.57. The molecule has 0 spiro atoms. The van der Waals surface area contributed by atoms with Crippen molar-refractivity contribution in [3.63, 3.8) is 0 Å². The molecule has 0 fully saturated rings. The number of carboxylic acid groups (broad SMARTS) is 1. The van der Waals surface area contributed by atoms with Gasteiger partial charge in [0.15, 0.2) is 17.4 Å². The second kappa shape index (κ2) is 3.91. The minimum absolute atomic E-state index is 0.279. The predicted octanol–water partition coefficient (Wildman–Crippen LogP) is 2.06. The number of rotatable bonds is 2. The number of hydrogen-bond donors (Lipinski definition) is 2. The lowest BCUT2D eigenvalue weighted by Gasteiger charge is -2.06. The van der Waals surface area contributed by atoms with Gasteiger partial charge in [-0.05, 0) is 0 Å². The Morgan fingerprint density at radius 3 is 2.57 bits per heavy atom. The highest BCUT2D eigenvalue weighted by Gasteiger charge is 2.11. The van der Waals surface area contributed by atoms with E-state index in [9.17, 15) is 13.6 Å². The first-order chi connectivity index (χ1) is 6.54. The number of amides is 1. The van der Waals surface area contributed by atoms with Crippen molar-refractivity contribution in [1.29, 1.82) is 0 Å². The van der Waals surface area contributed by atoms with Crippen LogP contribution in [0.1, 0.15) is 0 Å². The van der Waals surface area contributed by atoms with Gasteiger partial charge in [0.1, 0.15) is 0 Å². The predicted molar refractivity (Wildman–Crippen MR) is 44.6 cm³/mol. The van der Waals surface area contributed by atoms with Gasteiger partial charge in [0.05, 0.1) is 12.8 Å². The number of hydrogen-bond acceptors (Lipinski definition) is 2. The number of nitrogens with one attached hydrogen (secondary N) is 1. The lowest BCUT2D eigenvalue weighted by atomic mass is 10.2. The van der Waals surface area contributed by atoms with Crippen LogP contribution >= 0.6 is 0 Å². The number of carbonyl (C=O) groups is 1. The van der Waals surface area contributed by atoms with Gasteiger partial charge < -0.3 is 9.84 Å². The molecule has 1 aromatic rings. The van der Waals surface area contributed by atoms with Gasteiger partial charge in [-0.2, -0.15) is 0 Å². The number of ether oxygens (including phenoxy) is 1. The quantitative estimate of drug-likeness (QED) is 0.773. The maximum atomic E-state index is 13.0. The summed E-state index contributed by atoms with van der Waals surface area (Å²) in [4.78, 5) is 10.2. The topological polar surface area (TPSA) is 58.6 Å². The number of anilines is 1. The number of methoxy groups -OCH3 is 1. The Hall–Kier alpha value is -1.85. The molecule has 0 aliphatic rings. The van der Waals surface area contributed by atoms with Crippen LogP contribution in [0.3, 0.4) is 0 Å². The van der Waals surface area contributed by atoms with E-state index in [0.29, 0.717) is 6.07 Å². The normalized spacial score (nSPS) is 9.64. The molecule has 6 heteroatoms.